The Morgan fingerprint density at radius 1 is 1.15 bits per heavy atom. The normalized spacial score (nSPS) is 19.0. The molecule has 0 spiro atoms. The number of benzene rings is 1. The van der Waals surface area contributed by atoms with Crippen molar-refractivity contribution in [2.45, 2.75) is 45.6 Å². The maximum Gasteiger partial charge on any atom is 0.195 e. The van der Waals surface area contributed by atoms with Crippen LogP contribution in [0.15, 0.2) is 46.0 Å². The standard InChI is InChI=1S/C25H36N4O3.HI/c1-19(2)29-12-3-6-20(18-29)17-27-25(26-11-10-22-7-4-13-30-22)28-21-8-9-23-24(16-21)32-15-5-14-31-23;/h4,7-9,13,16,19-20H,3,5-6,10-12,14-15,17-18H2,1-2H3,(H2,26,27,28);1H. The molecule has 0 bridgehead atoms. The number of hydrogen-bond donors (Lipinski definition) is 2. The third-order valence-electron chi connectivity index (χ3n) is 6.04. The summed E-state index contributed by atoms with van der Waals surface area (Å²) in [6.45, 7) is 9.78. The lowest BCUT2D eigenvalue weighted by atomic mass is 9.97. The number of piperidine rings is 1. The van der Waals surface area contributed by atoms with Crippen molar-refractivity contribution in [1.82, 2.24) is 10.2 Å². The molecule has 4 rings (SSSR count). The van der Waals surface area contributed by atoms with E-state index in [1.54, 1.807) is 6.26 Å². The highest BCUT2D eigenvalue weighted by molar-refractivity contribution is 14.0. The number of halogens is 1. The first-order chi connectivity index (χ1) is 15.7. The fourth-order valence-electron chi connectivity index (χ4n) is 4.21. The number of nitrogens with zero attached hydrogens (tertiary/aromatic N) is 2. The summed E-state index contributed by atoms with van der Waals surface area (Å²) in [4.78, 5) is 7.51. The summed E-state index contributed by atoms with van der Waals surface area (Å²) in [5.41, 5.74) is 0.936. The molecular formula is C25H37IN4O3. The number of likely N-dealkylation sites (tertiary alicyclic amines) is 1. The molecule has 2 N–H and O–H groups in total. The Hall–Kier alpha value is -1.94. The van der Waals surface area contributed by atoms with Gasteiger partial charge in [0.1, 0.15) is 5.76 Å². The highest BCUT2D eigenvalue weighted by Crippen LogP contribution is 2.32. The lowest BCUT2D eigenvalue weighted by molar-refractivity contribution is 0.143. The minimum Gasteiger partial charge on any atom is -0.490 e. The van der Waals surface area contributed by atoms with Crippen LogP contribution < -0.4 is 20.1 Å². The molecule has 1 aromatic carbocycles. The van der Waals surface area contributed by atoms with E-state index in [1.165, 1.54) is 19.4 Å². The van der Waals surface area contributed by atoms with E-state index >= 15 is 0 Å². The summed E-state index contributed by atoms with van der Waals surface area (Å²) in [6.07, 6.45) is 5.89. The van der Waals surface area contributed by atoms with E-state index in [0.717, 1.165) is 61.4 Å². The quantitative estimate of drug-likeness (QED) is 0.285. The summed E-state index contributed by atoms with van der Waals surface area (Å²) in [6, 6.07) is 10.5. The highest BCUT2D eigenvalue weighted by Gasteiger charge is 2.21. The van der Waals surface area contributed by atoms with E-state index in [0.29, 0.717) is 25.2 Å². The predicted octanol–water partition coefficient (Wildman–Crippen LogP) is 4.78. The lowest BCUT2D eigenvalue weighted by Gasteiger charge is -2.34. The molecule has 1 saturated heterocycles. The first kappa shape index (κ1) is 25.7. The molecule has 1 fully saturated rings. The fourth-order valence-corrected chi connectivity index (χ4v) is 4.21. The second-order valence-electron chi connectivity index (χ2n) is 8.88. The average Bonchev–Trinajstić information content (AvgIpc) is 3.21. The van der Waals surface area contributed by atoms with Crippen LogP contribution in [0.3, 0.4) is 0 Å². The van der Waals surface area contributed by atoms with Crippen molar-refractivity contribution in [3.05, 3.63) is 42.4 Å². The Balaban J connectivity index is 0.00000306. The number of rotatable bonds is 7. The first-order valence-electron chi connectivity index (χ1n) is 11.9. The van der Waals surface area contributed by atoms with Gasteiger partial charge in [0.05, 0.1) is 19.5 Å². The zero-order valence-corrected chi connectivity index (χ0v) is 22.0. The van der Waals surface area contributed by atoms with E-state index in [4.69, 9.17) is 18.9 Å². The molecule has 0 aliphatic carbocycles. The monoisotopic (exact) mass is 568 g/mol. The molecule has 0 amide bonds. The molecule has 2 aliphatic heterocycles. The number of anilines is 1. The average molecular weight is 569 g/mol. The van der Waals surface area contributed by atoms with E-state index in [-0.39, 0.29) is 24.0 Å². The third kappa shape index (κ3) is 7.81. The van der Waals surface area contributed by atoms with Crippen molar-refractivity contribution in [1.29, 1.82) is 0 Å². The van der Waals surface area contributed by atoms with Gasteiger partial charge in [-0.25, -0.2) is 0 Å². The number of aliphatic imine (C=N–C) groups is 1. The Morgan fingerprint density at radius 3 is 2.79 bits per heavy atom. The topological polar surface area (TPSA) is 71.3 Å². The van der Waals surface area contributed by atoms with Gasteiger partial charge in [-0.3, -0.25) is 4.99 Å². The smallest absolute Gasteiger partial charge is 0.195 e. The van der Waals surface area contributed by atoms with Crippen molar-refractivity contribution in [2.75, 3.05) is 44.7 Å². The molecule has 0 saturated carbocycles. The number of furan rings is 1. The molecule has 2 aromatic rings. The van der Waals surface area contributed by atoms with Gasteiger partial charge in [0.2, 0.25) is 0 Å². The van der Waals surface area contributed by atoms with Gasteiger partial charge in [0.25, 0.3) is 0 Å². The zero-order chi connectivity index (χ0) is 22.2. The van der Waals surface area contributed by atoms with Gasteiger partial charge >= 0.3 is 0 Å². The van der Waals surface area contributed by atoms with Crippen LogP contribution in [0.4, 0.5) is 5.69 Å². The van der Waals surface area contributed by atoms with Crippen molar-refractivity contribution < 1.29 is 13.9 Å². The minimum atomic E-state index is 0. The molecule has 182 valence electrons. The molecular weight excluding hydrogens is 531 g/mol. The molecule has 7 nitrogen and oxygen atoms in total. The predicted molar refractivity (Wildman–Crippen MR) is 143 cm³/mol. The van der Waals surface area contributed by atoms with E-state index in [9.17, 15) is 0 Å². The summed E-state index contributed by atoms with van der Waals surface area (Å²) in [7, 11) is 0. The van der Waals surface area contributed by atoms with Crippen molar-refractivity contribution in [2.24, 2.45) is 10.9 Å². The number of nitrogens with one attached hydrogen (secondary N) is 2. The van der Waals surface area contributed by atoms with Crippen LogP contribution in [0.1, 0.15) is 38.9 Å². The Bertz CT molecular complexity index is 873. The number of ether oxygens (including phenoxy) is 2. The number of fused-ring (bicyclic) bond motifs is 1. The second kappa shape index (κ2) is 13.1. The Labute approximate surface area is 214 Å². The summed E-state index contributed by atoms with van der Waals surface area (Å²) in [5, 5.41) is 6.93. The molecule has 1 aromatic heterocycles. The molecule has 2 aliphatic rings. The van der Waals surface area contributed by atoms with Crippen molar-refractivity contribution >= 4 is 35.6 Å². The molecule has 0 radical (unpaired) electrons. The maximum atomic E-state index is 5.85. The van der Waals surface area contributed by atoms with Gasteiger partial charge in [-0.05, 0) is 63.4 Å². The summed E-state index contributed by atoms with van der Waals surface area (Å²) in [5.74, 6) is 3.91. The minimum absolute atomic E-state index is 0. The third-order valence-corrected chi connectivity index (χ3v) is 6.04. The van der Waals surface area contributed by atoms with Gasteiger partial charge < -0.3 is 29.4 Å². The number of guanidine groups is 1. The van der Waals surface area contributed by atoms with Crippen LogP contribution in [-0.4, -0.2) is 56.3 Å². The maximum absolute atomic E-state index is 5.85. The van der Waals surface area contributed by atoms with Crippen LogP contribution in [0, 0.1) is 5.92 Å². The summed E-state index contributed by atoms with van der Waals surface area (Å²) < 4.78 is 17.1. The number of hydrogen-bond acceptors (Lipinski definition) is 5. The first-order valence-corrected chi connectivity index (χ1v) is 11.9. The van der Waals surface area contributed by atoms with E-state index < -0.39 is 0 Å². The lowest BCUT2D eigenvalue weighted by Crippen LogP contribution is -2.41. The van der Waals surface area contributed by atoms with Crippen LogP contribution in [0.25, 0.3) is 0 Å². The highest BCUT2D eigenvalue weighted by atomic mass is 127. The van der Waals surface area contributed by atoms with Gasteiger partial charge in [-0.1, -0.05) is 0 Å². The molecule has 1 atom stereocenters. The zero-order valence-electron chi connectivity index (χ0n) is 19.7. The Kier molecular flexibility index (Phi) is 10.2. The molecule has 1 unspecified atom stereocenters. The van der Waals surface area contributed by atoms with E-state index in [1.807, 2.05) is 30.3 Å². The van der Waals surface area contributed by atoms with Crippen molar-refractivity contribution in [3.8, 4) is 11.5 Å². The largest absolute Gasteiger partial charge is 0.490 e. The van der Waals surface area contributed by atoms with Crippen molar-refractivity contribution in [3.63, 3.8) is 0 Å². The molecule has 33 heavy (non-hydrogen) atoms. The second-order valence-corrected chi connectivity index (χ2v) is 8.88. The fraction of sp³-hybridized carbons (Fsp3) is 0.560. The SMILES string of the molecule is CC(C)N1CCCC(CN=C(NCCc2ccco2)Nc2ccc3c(c2)OCCCO3)C1.I. The van der Waals surface area contributed by atoms with Gasteiger partial charge in [0, 0.05) is 50.3 Å². The summed E-state index contributed by atoms with van der Waals surface area (Å²) >= 11 is 0. The molecule has 8 heteroatoms. The van der Waals surface area contributed by atoms with Crippen LogP contribution in [-0.2, 0) is 6.42 Å². The van der Waals surface area contributed by atoms with Gasteiger partial charge in [0.15, 0.2) is 17.5 Å². The Morgan fingerprint density at radius 2 is 2.00 bits per heavy atom. The molecule has 3 heterocycles. The van der Waals surface area contributed by atoms with Gasteiger partial charge in [-0.15, -0.1) is 24.0 Å². The van der Waals surface area contributed by atoms with Gasteiger partial charge in [-0.2, -0.15) is 0 Å². The van der Waals surface area contributed by atoms with Crippen LogP contribution in [0.2, 0.25) is 0 Å². The van der Waals surface area contributed by atoms with E-state index in [2.05, 4.69) is 29.4 Å². The van der Waals surface area contributed by atoms with Crippen LogP contribution >= 0.6 is 24.0 Å². The van der Waals surface area contributed by atoms with Crippen LogP contribution in [0.5, 0.6) is 11.5 Å².